The average molecular weight is 467 g/mol. The van der Waals surface area contributed by atoms with Gasteiger partial charge in [-0.25, -0.2) is 5.43 Å². The molecule has 35 heavy (non-hydrogen) atoms. The summed E-state index contributed by atoms with van der Waals surface area (Å²) in [6, 6.07) is 25.2. The molecular weight excluding hydrogens is 440 g/mol. The third kappa shape index (κ3) is 5.65. The van der Waals surface area contributed by atoms with Crippen molar-refractivity contribution in [1.82, 2.24) is 10.4 Å². The van der Waals surface area contributed by atoms with E-state index in [1.165, 1.54) is 0 Å². The highest BCUT2D eigenvalue weighted by molar-refractivity contribution is 5.95. The Morgan fingerprint density at radius 1 is 1.00 bits per heavy atom. The van der Waals surface area contributed by atoms with Crippen LogP contribution in [0.5, 0.6) is 5.75 Å². The van der Waals surface area contributed by atoms with Crippen LogP contribution in [0.2, 0.25) is 0 Å². The van der Waals surface area contributed by atoms with E-state index in [1.54, 1.807) is 24.5 Å². The third-order valence-electron chi connectivity index (χ3n) is 5.86. The Morgan fingerprint density at radius 2 is 1.77 bits per heavy atom. The maximum absolute atomic E-state index is 12.4. The number of pyridine rings is 1. The molecule has 1 saturated heterocycles. The van der Waals surface area contributed by atoms with Crippen LogP contribution in [-0.4, -0.2) is 43.4 Å². The smallest absolute Gasteiger partial charge is 0.271 e. The first kappa shape index (κ1) is 22.6. The summed E-state index contributed by atoms with van der Waals surface area (Å²) in [6.07, 6.45) is 3.40. The van der Waals surface area contributed by atoms with Crippen molar-refractivity contribution in [3.8, 4) is 5.75 Å². The fraction of sp³-hybridized carbons (Fsp3) is 0.179. The van der Waals surface area contributed by atoms with Gasteiger partial charge in [-0.05, 0) is 47.5 Å². The molecule has 1 N–H and O–H groups in total. The number of aromatic nitrogens is 1. The number of benzene rings is 3. The van der Waals surface area contributed by atoms with Gasteiger partial charge in [-0.15, -0.1) is 0 Å². The summed E-state index contributed by atoms with van der Waals surface area (Å²) >= 11 is 0. The van der Waals surface area contributed by atoms with Crippen LogP contribution >= 0.6 is 0 Å². The molecule has 0 atom stereocenters. The second kappa shape index (κ2) is 10.8. The predicted octanol–water partition coefficient (Wildman–Crippen LogP) is 4.41. The monoisotopic (exact) mass is 466 g/mol. The second-order valence-electron chi connectivity index (χ2n) is 8.21. The molecule has 1 fully saturated rings. The van der Waals surface area contributed by atoms with E-state index < -0.39 is 0 Å². The average Bonchev–Trinajstić information content (AvgIpc) is 2.93. The Labute approximate surface area is 204 Å². The SMILES string of the molecule is O=C(NN=Cc1ccc(N2CCOCC2)cc1)c1ccc(COc2cccc3cccnc23)cc1. The maximum atomic E-state index is 12.4. The lowest BCUT2D eigenvalue weighted by Gasteiger charge is -2.28. The molecule has 7 nitrogen and oxygen atoms in total. The number of ether oxygens (including phenoxy) is 2. The molecule has 7 heteroatoms. The maximum Gasteiger partial charge on any atom is 0.271 e. The Hall–Kier alpha value is -4.23. The number of rotatable bonds is 7. The van der Waals surface area contributed by atoms with Gasteiger partial charge in [-0.3, -0.25) is 9.78 Å². The van der Waals surface area contributed by atoms with Gasteiger partial charge in [-0.1, -0.05) is 42.5 Å². The van der Waals surface area contributed by atoms with Crippen molar-refractivity contribution in [2.24, 2.45) is 5.10 Å². The zero-order valence-corrected chi connectivity index (χ0v) is 19.3. The van der Waals surface area contributed by atoms with Crippen LogP contribution in [0.15, 0.2) is 90.2 Å². The van der Waals surface area contributed by atoms with Crippen LogP contribution < -0.4 is 15.1 Å². The Balaban J connectivity index is 1.13. The number of nitrogens with one attached hydrogen (secondary N) is 1. The van der Waals surface area contributed by atoms with E-state index in [1.807, 2.05) is 54.6 Å². The van der Waals surface area contributed by atoms with Crippen molar-refractivity contribution in [2.75, 3.05) is 31.2 Å². The van der Waals surface area contributed by atoms with Gasteiger partial charge in [0.25, 0.3) is 5.91 Å². The number of nitrogens with zero attached hydrogens (tertiary/aromatic N) is 3. The highest BCUT2D eigenvalue weighted by Crippen LogP contribution is 2.24. The summed E-state index contributed by atoms with van der Waals surface area (Å²) in [4.78, 5) is 19.1. The molecule has 0 aliphatic carbocycles. The summed E-state index contributed by atoms with van der Waals surface area (Å²) in [5.41, 5.74) is 6.98. The zero-order valence-electron chi connectivity index (χ0n) is 19.3. The van der Waals surface area contributed by atoms with Gasteiger partial charge in [0, 0.05) is 35.9 Å². The van der Waals surface area contributed by atoms with Crippen molar-refractivity contribution >= 4 is 28.7 Å². The third-order valence-corrected chi connectivity index (χ3v) is 5.86. The molecule has 2 heterocycles. The molecule has 0 bridgehead atoms. The van der Waals surface area contributed by atoms with E-state index in [0.29, 0.717) is 12.2 Å². The standard InChI is InChI=1S/C28H26N4O3/c33-28(31-30-19-21-8-12-25(13-9-21)32-15-17-34-18-16-32)24-10-6-22(7-11-24)20-35-26-5-1-3-23-4-2-14-29-27(23)26/h1-14,19H,15-18,20H2,(H,31,33). The number of carbonyl (C=O) groups is 1. The number of morpholine rings is 1. The van der Waals surface area contributed by atoms with Gasteiger partial charge in [-0.2, -0.15) is 5.10 Å². The van der Waals surface area contributed by atoms with E-state index in [0.717, 1.165) is 59.8 Å². The number of para-hydroxylation sites is 1. The number of hydrogen-bond donors (Lipinski definition) is 1. The highest BCUT2D eigenvalue weighted by Gasteiger charge is 2.10. The van der Waals surface area contributed by atoms with Gasteiger partial charge in [0.15, 0.2) is 0 Å². The molecule has 1 amide bonds. The van der Waals surface area contributed by atoms with Gasteiger partial charge < -0.3 is 14.4 Å². The summed E-state index contributed by atoms with van der Waals surface area (Å²) in [5.74, 6) is 0.467. The summed E-state index contributed by atoms with van der Waals surface area (Å²) < 4.78 is 11.4. The Kier molecular flexibility index (Phi) is 6.96. The minimum absolute atomic E-state index is 0.267. The first-order chi connectivity index (χ1) is 17.3. The van der Waals surface area contributed by atoms with Crippen LogP contribution in [0.4, 0.5) is 5.69 Å². The number of hydrogen-bond acceptors (Lipinski definition) is 6. The molecule has 1 aliphatic rings. The topological polar surface area (TPSA) is 76.1 Å². The molecule has 1 aromatic heterocycles. The lowest BCUT2D eigenvalue weighted by atomic mass is 10.1. The number of carbonyl (C=O) groups excluding carboxylic acids is 1. The van der Waals surface area contributed by atoms with Gasteiger partial charge in [0.2, 0.25) is 0 Å². The van der Waals surface area contributed by atoms with Crippen LogP contribution in [0, 0.1) is 0 Å². The molecule has 4 aromatic rings. The lowest BCUT2D eigenvalue weighted by Crippen LogP contribution is -2.36. The molecule has 5 rings (SSSR count). The van der Waals surface area contributed by atoms with E-state index in [9.17, 15) is 4.79 Å². The number of amides is 1. The number of hydrazone groups is 1. The van der Waals surface area contributed by atoms with Crippen molar-refractivity contribution in [3.05, 3.63) is 102 Å². The fourth-order valence-electron chi connectivity index (χ4n) is 3.93. The van der Waals surface area contributed by atoms with Crippen LogP contribution in [0.1, 0.15) is 21.5 Å². The first-order valence-corrected chi connectivity index (χ1v) is 11.6. The largest absolute Gasteiger partial charge is 0.487 e. The summed E-state index contributed by atoms with van der Waals surface area (Å²) in [6.45, 7) is 3.69. The molecule has 3 aromatic carbocycles. The summed E-state index contributed by atoms with van der Waals surface area (Å²) in [5, 5.41) is 5.13. The summed E-state index contributed by atoms with van der Waals surface area (Å²) in [7, 11) is 0. The van der Waals surface area contributed by atoms with Gasteiger partial charge in [0.05, 0.1) is 19.4 Å². The van der Waals surface area contributed by atoms with Crippen LogP contribution in [-0.2, 0) is 11.3 Å². The van der Waals surface area contributed by atoms with E-state index in [2.05, 4.69) is 32.5 Å². The minimum atomic E-state index is -0.267. The molecule has 0 saturated carbocycles. The number of anilines is 1. The molecule has 0 radical (unpaired) electrons. The van der Waals surface area contributed by atoms with Crippen molar-refractivity contribution < 1.29 is 14.3 Å². The normalized spacial score (nSPS) is 13.8. The molecule has 0 spiro atoms. The molecule has 176 valence electrons. The first-order valence-electron chi connectivity index (χ1n) is 11.6. The second-order valence-corrected chi connectivity index (χ2v) is 8.21. The molecular formula is C28H26N4O3. The highest BCUT2D eigenvalue weighted by atomic mass is 16.5. The van der Waals surface area contributed by atoms with Crippen molar-refractivity contribution in [3.63, 3.8) is 0 Å². The van der Waals surface area contributed by atoms with E-state index >= 15 is 0 Å². The van der Waals surface area contributed by atoms with Crippen LogP contribution in [0.3, 0.4) is 0 Å². The predicted molar refractivity (Wildman–Crippen MR) is 137 cm³/mol. The van der Waals surface area contributed by atoms with Crippen molar-refractivity contribution in [2.45, 2.75) is 6.61 Å². The van der Waals surface area contributed by atoms with Gasteiger partial charge >= 0.3 is 0 Å². The quantitative estimate of drug-likeness (QED) is 0.322. The fourth-order valence-corrected chi connectivity index (χ4v) is 3.93. The molecule has 1 aliphatic heterocycles. The van der Waals surface area contributed by atoms with Gasteiger partial charge in [0.1, 0.15) is 17.9 Å². The number of fused-ring (bicyclic) bond motifs is 1. The van der Waals surface area contributed by atoms with E-state index in [4.69, 9.17) is 9.47 Å². The Bertz CT molecular complexity index is 1310. The van der Waals surface area contributed by atoms with E-state index in [-0.39, 0.29) is 5.91 Å². The Morgan fingerprint density at radius 3 is 2.57 bits per heavy atom. The lowest BCUT2D eigenvalue weighted by molar-refractivity contribution is 0.0955. The van der Waals surface area contributed by atoms with Crippen molar-refractivity contribution in [1.29, 1.82) is 0 Å². The minimum Gasteiger partial charge on any atom is -0.487 e. The molecule has 0 unspecified atom stereocenters. The zero-order chi connectivity index (χ0) is 23.9. The van der Waals surface area contributed by atoms with Crippen LogP contribution in [0.25, 0.3) is 10.9 Å².